The summed E-state index contributed by atoms with van der Waals surface area (Å²) in [6.45, 7) is 1.51. The van der Waals surface area contributed by atoms with E-state index in [1.807, 2.05) is 18.2 Å². The molecule has 2 unspecified atom stereocenters. The number of hydrogen-bond acceptors (Lipinski definition) is 10. The van der Waals surface area contributed by atoms with Crippen molar-refractivity contribution in [2.75, 3.05) is 33.4 Å². The molecular weight excluding hydrogens is 575 g/mol. The number of carbonyl (C=O) groups is 2. The number of aliphatic hydroxyl groups is 1. The number of methoxy groups -OCH3 is 1. The van der Waals surface area contributed by atoms with Crippen molar-refractivity contribution in [2.24, 2.45) is 0 Å². The number of nitrogens with one attached hydrogen (secondary N) is 2. The van der Waals surface area contributed by atoms with Crippen LogP contribution in [0, 0.1) is 10.1 Å². The minimum Gasteiger partial charge on any atom is -0.491 e. The van der Waals surface area contributed by atoms with Gasteiger partial charge in [-0.25, -0.2) is 9.59 Å². The molecule has 0 aromatic heterocycles. The number of non-ortho nitro benzene ring substituents is 1. The summed E-state index contributed by atoms with van der Waals surface area (Å²) in [5, 5.41) is 26.4. The molecule has 0 bridgehead atoms. The highest BCUT2D eigenvalue weighted by Gasteiger charge is 2.47. The Hall–Kier alpha value is -4.69. The van der Waals surface area contributed by atoms with Gasteiger partial charge in [-0.2, -0.15) is 13.2 Å². The van der Waals surface area contributed by atoms with Crippen molar-refractivity contribution in [1.82, 2.24) is 10.6 Å². The number of halogens is 3. The molecule has 43 heavy (non-hydrogen) atoms. The predicted octanol–water partition coefficient (Wildman–Crippen LogP) is 3.67. The monoisotopic (exact) mass is 605 g/mol. The van der Waals surface area contributed by atoms with Crippen molar-refractivity contribution in [3.63, 3.8) is 0 Å². The van der Waals surface area contributed by atoms with E-state index in [0.29, 0.717) is 12.3 Å². The average Bonchev–Trinajstić information content (AvgIpc) is 2.98. The zero-order chi connectivity index (χ0) is 31.6. The topological polar surface area (TPSA) is 149 Å². The summed E-state index contributed by atoms with van der Waals surface area (Å²) < 4.78 is 57.3. The Kier molecular flexibility index (Phi) is 11.4. The van der Waals surface area contributed by atoms with Gasteiger partial charge in [-0.15, -0.1) is 0 Å². The van der Waals surface area contributed by atoms with Gasteiger partial charge >= 0.3 is 18.1 Å². The standard InChI is InChI=1S/C29H30F3N3O8/c1-18-23(28(38)42-14-7-6-13-33-16-21(36)17-43-22-11-4-3-5-12-22)24(19-9-8-10-20(15-19)35(39)40)25(27(37)41-2)26(34-18)29(30,31)32/h3-12,15,21,24,33-34,36H,13-14,16-17H2,1-2H3. The van der Waals surface area contributed by atoms with Crippen LogP contribution in [0.5, 0.6) is 5.75 Å². The second kappa shape index (κ2) is 15.0. The van der Waals surface area contributed by atoms with E-state index in [2.05, 4.69) is 15.4 Å². The molecule has 3 rings (SSSR count). The normalized spacial score (nSPS) is 16.1. The molecule has 0 radical (unpaired) electrons. The smallest absolute Gasteiger partial charge is 0.431 e. The first-order chi connectivity index (χ1) is 20.4. The lowest BCUT2D eigenvalue weighted by Gasteiger charge is -2.31. The molecule has 0 spiro atoms. The number of nitrogens with zero attached hydrogens (tertiary/aromatic N) is 1. The number of para-hydroxylation sites is 1. The fourth-order valence-electron chi connectivity index (χ4n) is 4.26. The number of carbonyl (C=O) groups excluding carboxylic acids is 2. The maximum absolute atomic E-state index is 14.0. The largest absolute Gasteiger partial charge is 0.491 e. The number of aliphatic hydroxyl groups excluding tert-OH is 1. The Morgan fingerprint density at radius 2 is 1.84 bits per heavy atom. The Labute approximate surface area is 244 Å². The minimum absolute atomic E-state index is 0.0740. The number of esters is 2. The van der Waals surface area contributed by atoms with Gasteiger partial charge in [0.25, 0.3) is 5.69 Å². The molecule has 14 heteroatoms. The first-order valence-electron chi connectivity index (χ1n) is 12.9. The first kappa shape index (κ1) is 32.8. The Balaban J connectivity index is 1.70. The quantitative estimate of drug-likeness (QED) is 0.102. The van der Waals surface area contributed by atoms with Gasteiger partial charge in [0.1, 0.15) is 30.8 Å². The van der Waals surface area contributed by atoms with Gasteiger partial charge in [0.05, 0.1) is 29.1 Å². The number of nitro groups is 1. The van der Waals surface area contributed by atoms with E-state index in [1.54, 1.807) is 18.2 Å². The molecule has 1 aliphatic rings. The highest BCUT2D eigenvalue weighted by Crippen LogP contribution is 2.43. The molecule has 0 aliphatic carbocycles. The van der Waals surface area contributed by atoms with E-state index >= 15 is 0 Å². The molecule has 2 aromatic rings. The second-order valence-corrected chi connectivity index (χ2v) is 9.23. The number of ether oxygens (including phenoxy) is 3. The third-order valence-corrected chi connectivity index (χ3v) is 6.19. The Morgan fingerprint density at radius 3 is 2.49 bits per heavy atom. The summed E-state index contributed by atoms with van der Waals surface area (Å²) in [4.78, 5) is 36.4. The summed E-state index contributed by atoms with van der Waals surface area (Å²) in [7, 11) is 0.880. The van der Waals surface area contributed by atoms with Gasteiger partial charge in [0.2, 0.25) is 0 Å². The molecule has 0 saturated heterocycles. The van der Waals surface area contributed by atoms with E-state index in [-0.39, 0.29) is 36.6 Å². The van der Waals surface area contributed by atoms with Crippen molar-refractivity contribution in [1.29, 1.82) is 0 Å². The maximum atomic E-state index is 14.0. The zero-order valence-corrected chi connectivity index (χ0v) is 23.2. The zero-order valence-electron chi connectivity index (χ0n) is 23.2. The average molecular weight is 606 g/mol. The highest BCUT2D eigenvalue weighted by atomic mass is 19.4. The summed E-state index contributed by atoms with van der Waals surface area (Å²) in [5.74, 6) is -3.48. The SMILES string of the molecule is COC(=O)C1=C(C(F)(F)F)NC(C)=C(C(=O)OCC=CCNCC(O)COc2ccccc2)C1c1cccc([N+](=O)[O-])c1. The summed E-state index contributed by atoms with van der Waals surface area (Å²) in [5.41, 5.74) is -3.55. The molecule has 230 valence electrons. The maximum Gasteiger partial charge on any atom is 0.431 e. The van der Waals surface area contributed by atoms with Crippen molar-refractivity contribution >= 4 is 17.6 Å². The molecule has 11 nitrogen and oxygen atoms in total. The number of allylic oxidation sites excluding steroid dienone is 2. The van der Waals surface area contributed by atoms with Crippen molar-refractivity contribution in [3.8, 4) is 5.75 Å². The molecule has 0 saturated carbocycles. The van der Waals surface area contributed by atoms with Gasteiger partial charge in [0.15, 0.2) is 0 Å². The molecule has 3 N–H and O–H groups in total. The molecule has 2 aromatic carbocycles. The van der Waals surface area contributed by atoms with Crippen molar-refractivity contribution in [2.45, 2.75) is 25.1 Å². The Bertz CT molecular complexity index is 1410. The lowest BCUT2D eigenvalue weighted by molar-refractivity contribution is -0.384. The van der Waals surface area contributed by atoms with Crippen LogP contribution in [-0.2, 0) is 19.1 Å². The van der Waals surface area contributed by atoms with E-state index in [0.717, 1.165) is 19.2 Å². The van der Waals surface area contributed by atoms with Crippen LogP contribution < -0.4 is 15.4 Å². The molecule has 1 aliphatic heterocycles. The molecule has 0 amide bonds. The van der Waals surface area contributed by atoms with Crippen LogP contribution in [0.1, 0.15) is 18.4 Å². The van der Waals surface area contributed by atoms with Crippen LogP contribution in [0.4, 0.5) is 18.9 Å². The molecule has 0 fully saturated rings. The number of hydrogen-bond donors (Lipinski definition) is 3. The van der Waals surface area contributed by atoms with Gasteiger partial charge in [-0.1, -0.05) is 36.4 Å². The van der Waals surface area contributed by atoms with E-state index in [1.165, 1.54) is 25.1 Å². The van der Waals surface area contributed by atoms with Gasteiger partial charge in [-0.05, 0) is 30.7 Å². The fraction of sp³-hybridized carbons (Fsp3) is 0.310. The number of alkyl halides is 3. The molecule has 2 atom stereocenters. The molecule has 1 heterocycles. The Morgan fingerprint density at radius 1 is 1.12 bits per heavy atom. The molecular formula is C29H30F3N3O8. The number of nitro benzene ring substituents is 1. The van der Waals surface area contributed by atoms with Gasteiger partial charge < -0.3 is 30.0 Å². The van der Waals surface area contributed by atoms with E-state index in [4.69, 9.17) is 9.47 Å². The summed E-state index contributed by atoms with van der Waals surface area (Å²) in [6, 6.07) is 13.6. The van der Waals surface area contributed by atoms with Gasteiger partial charge in [-0.3, -0.25) is 10.1 Å². The van der Waals surface area contributed by atoms with Crippen LogP contribution in [0.25, 0.3) is 0 Å². The third-order valence-electron chi connectivity index (χ3n) is 6.19. The number of rotatable bonds is 13. The van der Waals surface area contributed by atoms with Crippen LogP contribution in [0.3, 0.4) is 0 Å². The van der Waals surface area contributed by atoms with Crippen LogP contribution in [-0.4, -0.2) is 67.7 Å². The van der Waals surface area contributed by atoms with Crippen LogP contribution >= 0.6 is 0 Å². The highest BCUT2D eigenvalue weighted by molar-refractivity contribution is 6.00. The number of dihydropyridines is 1. The van der Waals surface area contributed by atoms with Gasteiger partial charge in [0, 0.05) is 30.9 Å². The third kappa shape index (κ3) is 8.90. The lowest BCUT2D eigenvalue weighted by atomic mass is 9.80. The number of benzene rings is 2. The van der Waals surface area contributed by atoms with E-state index < -0.39 is 52.0 Å². The summed E-state index contributed by atoms with van der Waals surface area (Å²) in [6.07, 6.45) is -2.75. The van der Waals surface area contributed by atoms with E-state index in [9.17, 15) is 38.0 Å². The summed E-state index contributed by atoms with van der Waals surface area (Å²) >= 11 is 0. The first-order valence-corrected chi connectivity index (χ1v) is 12.9. The predicted molar refractivity (Wildman–Crippen MR) is 148 cm³/mol. The second-order valence-electron chi connectivity index (χ2n) is 9.23. The fourth-order valence-corrected chi connectivity index (χ4v) is 4.26. The van der Waals surface area contributed by atoms with Crippen molar-refractivity contribution in [3.05, 3.63) is 105 Å². The van der Waals surface area contributed by atoms with Crippen molar-refractivity contribution < 1.29 is 47.0 Å². The lowest BCUT2D eigenvalue weighted by Crippen LogP contribution is -2.38. The van der Waals surface area contributed by atoms with Crippen LogP contribution in [0.2, 0.25) is 0 Å². The van der Waals surface area contributed by atoms with Crippen LogP contribution in [0.15, 0.2) is 89.3 Å². The minimum atomic E-state index is -5.05.